The normalized spacial score (nSPS) is 24.6. The van der Waals surface area contributed by atoms with Crippen molar-refractivity contribution in [2.75, 3.05) is 19.7 Å². The molecule has 1 atom stereocenters. The standard InChI is InChI=1S/C15H26ClN3O/c1-11(2)13-12(14(16)18(4)17-13)8-19-7-5-6-15(3,9-19)10-20/h11,20H,5-10H2,1-4H3. The van der Waals surface area contributed by atoms with Crippen LogP contribution < -0.4 is 0 Å². The third kappa shape index (κ3) is 3.18. The first-order chi connectivity index (χ1) is 9.36. The summed E-state index contributed by atoms with van der Waals surface area (Å²) in [5.41, 5.74) is 2.26. The highest BCUT2D eigenvalue weighted by Gasteiger charge is 2.31. The third-order valence-electron chi connectivity index (χ3n) is 4.27. The molecule has 1 aliphatic heterocycles. The Labute approximate surface area is 126 Å². The highest BCUT2D eigenvalue weighted by Crippen LogP contribution is 2.32. The lowest BCUT2D eigenvalue weighted by Crippen LogP contribution is -2.43. The van der Waals surface area contributed by atoms with Gasteiger partial charge in [-0.25, -0.2) is 0 Å². The average molecular weight is 300 g/mol. The van der Waals surface area contributed by atoms with Gasteiger partial charge >= 0.3 is 0 Å². The van der Waals surface area contributed by atoms with Crippen molar-refractivity contribution in [1.82, 2.24) is 14.7 Å². The molecule has 2 rings (SSSR count). The van der Waals surface area contributed by atoms with Crippen molar-refractivity contribution < 1.29 is 5.11 Å². The van der Waals surface area contributed by atoms with Crippen molar-refractivity contribution in [3.63, 3.8) is 0 Å². The molecule has 1 aliphatic rings. The van der Waals surface area contributed by atoms with Gasteiger partial charge in [0.05, 0.1) is 5.69 Å². The summed E-state index contributed by atoms with van der Waals surface area (Å²) in [5.74, 6) is 0.373. The smallest absolute Gasteiger partial charge is 0.131 e. The van der Waals surface area contributed by atoms with E-state index in [1.54, 1.807) is 4.68 Å². The Morgan fingerprint density at radius 2 is 2.15 bits per heavy atom. The molecule has 4 nitrogen and oxygen atoms in total. The Bertz CT molecular complexity index is 472. The summed E-state index contributed by atoms with van der Waals surface area (Å²) < 4.78 is 1.77. The number of aromatic nitrogens is 2. The van der Waals surface area contributed by atoms with Gasteiger partial charge < -0.3 is 5.11 Å². The second-order valence-electron chi connectivity index (χ2n) is 6.72. The van der Waals surface area contributed by atoms with Gasteiger partial charge in [-0.05, 0) is 25.3 Å². The first-order valence-corrected chi connectivity index (χ1v) is 7.78. The van der Waals surface area contributed by atoms with Gasteiger partial charge in [0.1, 0.15) is 5.15 Å². The Hall–Kier alpha value is -0.580. The van der Waals surface area contributed by atoms with Crippen molar-refractivity contribution in [2.24, 2.45) is 12.5 Å². The summed E-state index contributed by atoms with van der Waals surface area (Å²) in [6.07, 6.45) is 2.23. The highest BCUT2D eigenvalue weighted by molar-refractivity contribution is 6.30. The molecule has 1 aromatic heterocycles. The molecule has 0 aliphatic carbocycles. The summed E-state index contributed by atoms with van der Waals surface area (Å²) in [6, 6.07) is 0. The first kappa shape index (κ1) is 15.8. The number of aliphatic hydroxyl groups is 1. The number of nitrogens with zero attached hydrogens (tertiary/aromatic N) is 3. The van der Waals surface area contributed by atoms with Crippen molar-refractivity contribution in [1.29, 1.82) is 0 Å². The van der Waals surface area contributed by atoms with E-state index in [0.717, 1.165) is 48.9 Å². The number of hydrogen-bond donors (Lipinski definition) is 1. The van der Waals surface area contributed by atoms with Crippen LogP contribution in [0.4, 0.5) is 0 Å². The number of piperidine rings is 1. The molecule has 0 saturated carbocycles. The molecule has 1 N–H and O–H groups in total. The first-order valence-electron chi connectivity index (χ1n) is 7.41. The lowest BCUT2D eigenvalue weighted by molar-refractivity contribution is 0.0428. The Morgan fingerprint density at radius 3 is 2.75 bits per heavy atom. The van der Waals surface area contributed by atoms with Crippen LogP contribution in [0.3, 0.4) is 0 Å². The molecule has 0 radical (unpaired) electrons. The number of hydrogen-bond acceptors (Lipinski definition) is 3. The van der Waals surface area contributed by atoms with E-state index in [4.69, 9.17) is 11.6 Å². The molecule has 20 heavy (non-hydrogen) atoms. The molecule has 2 heterocycles. The summed E-state index contributed by atoms with van der Waals surface area (Å²) in [4.78, 5) is 2.40. The Balaban J connectivity index is 2.17. The molecule has 114 valence electrons. The highest BCUT2D eigenvalue weighted by atomic mass is 35.5. The van der Waals surface area contributed by atoms with E-state index in [0.29, 0.717) is 5.92 Å². The van der Waals surface area contributed by atoms with Crippen LogP contribution in [0.5, 0.6) is 0 Å². The van der Waals surface area contributed by atoms with Gasteiger partial charge in [0.15, 0.2) is 0 Å². The predicted octanol–water partition coefficient (Wildman–Crippen LogP) is 2.79. The van der Waals surface area contributed by atoms with Gasteiger partial charge in [-0.2, -0.15) is 5.10 Å². The second-order valence-corrected chi connectivity index (χ2v) is 7.07. The van der Waals surface area contributed by atoms with Gasteiger partial charge in [-0.1, -0.05) is 32.4 Å². The molecule has 1 saturated heterocycles. The van der Waals surface area contributed by atoms with Crippen molar-refractivity contribution in [2.45, 2.75) is 46.1 Å². The van der Waals surface area contributed by atoms with E-state index in [-0.39, 0.29) is 12.0 Å². The minimum atomic E-state index is 0.0188. The fourth-order valence-corrected chi connectivity index (χ4v) is 3.29. The van der Waals surface area contributed by atoms with Crippen LogP contribution in [-0.4, -0.2) is 39.5 Å². The Morgan fingerprint density at radius 1 is 1.45 bits per heavy atom. The predicted molar refractivity (Wildman–Crippen MR) is 82.0 cm³/mol. The maximum Gasteiger partial charge on any atom is 0.131 e. The van der Waals surface area contributed by atoms with Gasteiger partial charge in [0, 0.05) is 37.7 Å². The van der Waals surface area contributed by atoms with Crippen LogP contribution in [0, 0.1) is 5.41 Å². The zero-order valence-corrected chi connectivity index (χ0v) is 13.7. The van der Waals surface area contributed by atoms with Crippen LogP contribution >= 0.6 is 11.6 Å². The average Bonchev–Trinajstić information content (AvgIpc) is 2.67. The molecule has 1 fully saturated rings. The maximum atomic E-state index is 9.57. The van der Waals surface area contributed by atoms with Gasteiger partial charge in [-0.15, -0.1) is 0 Å². The summed E-state index contributed by atoms with van der Waals surface area (Å²) in [7, 11) is 1.89. The number of halogens is 1. The third-order valence-corrected chi connectivity index (χ3v) is 4.74. The van der Waals surface area contributed by atoms with Crippen LogP contribution in [-0.2, 0) is 13.6 Å². The molecule has 1 unspecified atom stereocenters. The number of aliphatic hydroxyl groups excluding tert-OH is 1. The lowest BCUT2D eigenvalue weighted by atomic mass is 9.82. The van der Waals surface area contributed by atoms with E-state index >= 15 is 0 Å². The van der Waals surface area contributed by atoms with Crippen LogP contribution in [0.2, 0.25) is 5.15 Å². The quantitative estimate of drug-likeness (QED) is 0.929. The fourth-order valence-electron chi connectivity index (χ4n) is 3.09. The number of aryl methyl sites for hydroxylation is 1. The fraction of sp³-hybridized carbons (Fsp3) is 0.800. The van der Waals surface area contributed by atoms with Crippen LogP contribution in [0.1, 0.15) is 50.8 Å². The largest absolute Gasteiger partial charge is 0.396 e. The number of rotatable bonds is 4. The van der Waals surface area contributed by atoms with Crippen LogP contribution in [0.25, 0.3) is 0 Å². The second kappa shape index (κ2) is 6.04. The van der Waals surface area contributed by atoms with E-state index in [1.165, 1.54) is 0 Å². The zero-order chi connectivity index (χ0) is 14.9. The Kier molecular flexibility index (Phi) is 4.77. The van der Waals surface area contributed by atoms with Gasteiger partial charge in [-0.3, -0.25) is 9.58 Å². The lowest BCUT2D eigenvalue weighted by Gasteiger charge is -2.39. The maximum absolute atomic E-state index is 9.57. The molecule has 5 heteroatoms. The topological polar surface area (TPSA) is 41.3 Å². The summed E-state index contributed by atoms with van der Waals surface area (Å²) in [6.45, 7) is 9.53. The monoisotopic (exact) mass is 299 g/mol. The van der Waals surface area contributed by atoms with Crippen molar-refractivity contribution >= 4 is 11.6 Å². The number of likely N-dealkylation sites (tertiary alicyclic amines) is 1. The molecule has 0 aromatic carbocycles. The molecule has 0 amide bonds. The van der Waals surface area contributed by atoms with E-state index in [1.807, 2.05) is 7.05 Å². The SMILES string of the molecule is CC(C)c1nn(C)c(Cl)c1CN1CCCC(C)(CO)C1. The van der Waals surface area contributed by atoms with Crippen LogP contribution in [0.15, 0.2) is 0 Å². The van der Waals surface area contributed by atoms with E-state index < -0.39 is 0 Å². The minimum Gasteiger partial charge on any atom is -0.396 e. The molecular weight excluding hydrogens is 274 g/mol. The van der Waals surface area contributed by atoms with Gasteiger partial charge in [0.2, 0.25) is 0 Å². The summed E-state index contributed by atoms with van der Waals surface area (Å²) >= 11 is 6.41. The van der Waals surface area contributed by atoms with E-state index in [2.05, 4.69) is 30.8 Å². The molecule has 1 aromatic rings. The molecular formula is C15H26ClN3O. The van der Waals surface area contributed by atoms with Gasteiger partial charge in [0.25, 0.3) is 0 Å². The zero-order valence-electron chi connectivity index (χ0n) is 13.0. The summed E-state index contributed by atoms with van der Waals surface area (Å²) in [5, 5.41) is 14.8. The minimum absolute atomic E-state index is 0.0188. The molecule has 0 spiro atoms. The van der Waals surface area contributed by atoms with Crippen molar-refractivity contribution in [3.05, 3.63) is 16.4 Å². The molecule has 0 bridgehead atoms. The van der Waals surface area contributed by atoms with E-state index in [9.17, 15) is 5.11 Å². The van der Waals surface area contributed by atoms with Crippen molar-refractivity contribution in [3.8, 4) is 0 Å².